The average molecular weight is 305 g/mol. The van der Waals surface area contributed by atoms with Gasteiger partial charge in [-0.05, 0) is 32.0 Å². The summed E-state index contributed by atoms with van der Waals surface area (Å²) in [6.45, 7) is 3.32. The minimum absolute atomic E-state index is 0.0601. The summed E-state index contributed by atoms with van der Waals surface area (Å²) < 4.78 is 39.4. The Morgan fingerprint density at radius 1 is 1.09 bits per heavy atom. The van der Waals surface area contributed by atoms with Gasteiger partial charge in [-0.2, -0.15) is 5.26 Å². The summed E-state index contributed by atoms with van der Waals surface area (Å²) in [7, 11) is 0. The fourth-order valence-corrected chi connectivity index (χ4v) is 1.98. The second kappa shape index (κ2) is 5.93. The third kappa shape index (κ3) is 2.96. The fourth-order valence-electron chi connectivity index (χ4n) is 1.98. The Balaban J connectivity index is 2.48. The highest BCUT2D eigenvalue weighted by atomic mass is 19.2. The number of carbonyl (C=O) groups excluding carboxylic acids is 1. The van der Waals surface area contributed by atoms with Gasteiger partial charge in [-0.15, -0.1) is 0 Å². The second-order valence-corrected chi connectivity index (χ2v) is 4.69. The molecule has 0 fully saturated rings. The standard InChI is InChI=1S/C15H10F3N3O/c1-7-3-8(2)21-15(20-7)10(6-19)14(22)9-4-11(16)13(18)12(17)5-9/h3-5,10H,1-2H3/t10-/m1/s1. The van der Waals surface area contributed by atoms with Gasteiger partial charge in [-0.3, -0.25) is 4.79 Å². The Morgan fingerprint density at radius 2 is 1.59 bits per heavy atom. The Labute approximate surface area is 124 Å². The number of hydrogen-bond acceptors (Lipinski definition) is 4. The maximum absolute atomic E-state index is 13.2. The monoisotopic (exact) mass is 305 g/mol. The predicted octanol–water partition coefficient (Wildman–Crippen LogP) is 3.00. The van der Waals surface area contributed by atoms with Crippen LogP contribution in [0.5, 0.6) is 0 Å². The summed E-state index contributed by atoms with van der Waals surface area (Å²) >= 11 is 0. The van der Waals surface area contributed by atoms with Crippen LogP contribution in [0.15, 0.2) is 18.2 Å². The number of carbonyl (C=O) groups is 1. The van der Waals surface area contributed by atoms with Crippen LogP contribution in [0, 0.1) is 42.6 Å². The first-order chi connectivity index (χ1) is 10.3. The third-order valence-electron chi connectivity index (χ3n) is 2.92. The lowest BCUT2D eigenvalue weighted by Crippen LogP contribution is -2.16. The number of hydrogen-bond donors (Lipinski definition) is 0. The number of nitriles is 1. The van der Waals surface area contributed by atoms with Gasteiger partial charge in [0.1, 0.15) is 0 Å². The molecular weight excluding hydrogens is 295 g/mol. The van der Waals surface area contributed by atoms with Crippen molar-refractivity contribution in [3.63, 3.8) is 0 Å². The van der Waals surface area contributed by atoms with Gasteiger partial charge < -0.3 is 0 Å². The van der Waals surface area contributed by atoms with Crippen LogP contribution in [-0.4, -0.2) is 15.8 Å². The van der Waals surface area contributed by atoms with Crippen molar-refractivity contribution in [2.45, 2.75) is 19.8 Å². The highest BCUT2D eigenvalue weighted by molar-refractivity contribution is 6.02. The fraction of sp³-hybridized carbons (Fsp3) is 0.200. The van der Waals surface area contributed by atoms with Crippen LogP contribution < -0.4 is 0 Å². The minimum Gasteiger partial charge on any atom is -0.292 e. The molecule has 2 rings (SSSR count). The lowest BCUT2D eigenvalue weighted by molar-refractivity contribution is 0.0975. The molecule has 1 aromatic carbocycles. The molecule has 0 saturated carbocycles. The zero-order valence-electron chi connectivity index (χ0n) is 11.7. The van der Waals surface area contributed by atoms with Gasteiger partial charge in [0.25, 0.3) is 0 Å². The number of halogens is 3. The quantitative estimate of drug-likeness (QED) is 0.646. The van der Waals surface area contributed by atoms with Crippen LogP contribution in [0.2, 0.25) is 0 Å². The molecule has 0 N–H and O–H groups in total. The van der Waals surface area contributed by atoms with Crippen molar-refractivity contribution in [3.05, 3.63) is 58.4 Å². The van der Waals surface area contributed by atoms with E-state index in [4.69, 9.17) is 0 Å². The van der Waals surface area contributed by atoms with Crippen molar-refractivity contribution < 1.29 is 18.0 Å². The van der Waals surface area contributed by atoms with Gasteiger partial charge in [0.05, 0.1) is 6.07 Å². The molecule has 0 aliphatic rings. The molecule has 1 atom stereocenters. The van der Waals surface area contributed by atoms with Gasteiger partial charge in [-0.25, -0.2) is 23.1 Å². The number of rotatable bonds is 3. The summed E-state index contributed by atoms with van der Waals surface area (Å²) in [5, 5.41) is 9.17. The predicted molar refractivity (Wildman–Crippen MR) is 70.5 cm³/mol. The van der Waals surface area contributed by atoms with Crippen molar-refractivity contribution in [1.29, 1.82) is 5.26 Å². The van der Waals surface area contributed by atoms with Crippen LogP contribution in [0.25, 0.3) is 0 Å². The summed E-state index contributed by atoms with van der Waals surface area (Å²) in [5.74, 6) is -7.06. The Hall–Kier alpha value is -2.75. The molecule has 0 saturated heterocycles. The van der Waals surface area contributed by atoms with Crippen molar-refractivity contribution in [1.82, 2.24) is 9.97 Å². The zero-order chi connectivity index (χ0) is 16.4. The molecule has 0 radical (unpaired) electrons. The number of aryl methyl sites for hydroxylation is 2. The van der Waals surface area contributed by atoms with E-state index < -0.39 is 34.7 Å². The third-order valence-corrected chi connectivity index (χ3v) is 2.92. The first-order valence-electron chi connectivity index (χ1n) is 6.24. The van der Waals surface area contributed by atoms with Crippen molar-refractivity contribution in [2.75, 3.05) is 0 Å². The lowest BCUT2D eigenvalue weighted by atomic mass is 9.97. The Kier molecular flexibility index (Phi) is 4.22. The SMILES string of the molecule is Cc1cc(C)nc([C@H](C#N)C(=O)c2cc(F)c(F)c(F)c2)n1. The van der Waals surface area contributed by atoms with Crippen LogP contribution in [-0.2, 0) is 0 Å². The van der Waals surface area contributed by atoms with Gasteiger partial charge >= 0.3 is 0 Å². The van der Waals surface area contributed by atoms with E-state index in [0.717, 1.165) is 0 Å². The normalized spacial score (nSPS) is 11.8. The van der Waals surface area contributed by atoms with E-state index in [1.165, 1.54) is 0 Å². The molecule has 0 unspecified atom stereocenters. The molecule has 0 amide bonds. The number of Topliss-reactive ketones (excluding diaryl/α,β-unsaturated/α-hetero) is 1. The maximum atomic E-state index is 13.2. The topological polar surface area (TPSA) is 66.6 Å². The van der Waals surface area contributed by atoms with Crippen molar-refractivity contribution in [3.8, 4) is 6.07 Å². The molecule has 112 valence electrons. The lowest BCUT2D eigenvalue weighted by Gasteiger charge is -2.09. The average Bonchev–Trinajstić information content (AvgIpc) is 2.43. The molecule has 4 nitrogen and oxygen atoms in total. The summed E-state index contributed by atoms with van der Waals surface area (Å²) in [5.41, 5.74) is 0.643. The van der Waals surface area contributed by atoms with E-state index in [2.05, 4.69) is 9.97 Å². The molecule has 7 heteroatoms. The van der Waals surface area contributed by atoms with E-state index in [1.807, 2.05) is 0 Å². The second-order valence-electron chi connectivity index (χ2n) is 4.69. The largest absolute Gasteiger partial charge is 0.292 e. The first-order valence-corrected chi connectivity index (χ1v) is 6.24. The van der Waals surface area contributed by atoms with Gasteiger partial charge in [0.2, 0.25) is 0 Å². The minimum atomic E-state index is -1.67. The molecule has 0 spiro atoms. The summed E-state index contributed by atoms with van der Waals surface area (Å²) in [6.07, 6.45) is 0. The molecule has 22 heavy (non-hydrogen) atoms. The number of aromatic nitrogens is 2. The van der Waals surface area contributed by atoms with E-state index in [-0.39, 0.29) is 5.82 Å². The Bertz CT molecular complexity index is 756. The number of ketones is 1. The zero-order valence-corrected chi connectivity index (χ0v) is 11.7. The number of nitrogens with zero attached hydrogens (tertiary/aromatic N) is 3. The van der Waals surface area contributed by atoms with Gasteiger partial charge in [-0.1, -0.05) is 0 Å². The Morgan fingerprint density at radius 3 is 2.05 bits per heavy atom. The smallest absolute Gasteiger partial charge is 0.194 e. The highest BCUT2D eigenvalue weighted by Crippen LogP contribution is 2.21. The molecule has 2 aromatic rings. The first kappa shape index (κ1) is 15.6. The molecule has 1 aromatic heterocycles. The molecule has 0 aliphatic heterocycles. The van der Waals surface area contributed by atoms with Crippen LogP contribution in [0.3, 0.4) is 0 Å². The van der Waals surface area contributed by atoms with Crippen molar-refractivity contribution in [2.24, 2.45) is 0 Å². The van der Waals surface area contributed by atoms with Crippen LogP contribution in [0.1, 0.15) is 33.5 Å². The summed E-state index contributed by atoms with van der Waals surface area (Å²) in [6, 6.07) is 4.46. The molecule has 1 heterocycles. The number of benzene rings is 1. The van der Waals surface area contributed by atoms with E-state index in [1.54, 1.807) is 26.0 Å². The molecule has 0 aliphatic carbocycles. The molecule has 0 bridgehead atoms. The van der Waals surface area contributed by atoms with Crippen molar-refractivity contribution >= 4 is 5.78 Å². The molecular formula is C15H10F3N3O. The maximum Gasteiger partial charge on any atom is 0.194 e. The van der Waals surface area contributed by atoms with Crippen LogP contribution >= 0.6 is 0 Å². The van der Waals surface area contributed by atoms with Gasteiger partial charge in [0.15, 0.2) is 35.0 Å². The van der Waals surface area contributed by atoms with Gasteiger partial charge in [0, 0.05) is 17.0 Å². The van der Waals surface area contributed by atoms with Crippen LogP contribution in [0.4, 0.5) is 13.2 Å². The highest BCUT2D eigenvalue weighted by Gasteiger charge is 2.27. The van der Waals surface area contributed by atoms with E-state index in [0.29, 0.717) is 23.5 Å². The van der Waals surface area contributed by atoms with E-state index in [9.17, 15) is 23.2 Å². The summed E-state index contributed by atoms with van der Waals surface area (Å²) in [4.78, 5) is 20.3. The van der Waals surface area contributed by atoms with E-state index >= 15 is 0 Å².